The fourth-order valence-corrected chi connectivity index (χ4v) is 9.56. The van der Waals surface area contributed by atoms with E-state index >= 15 is 0 Å². The lowest BCUT2D eigenvalue weighted by Crippen LogP contribution is -2.37. The minimum absolute atomic E-state index is 0.0281. The van der Waals surface area contributed by atoms with Crippen molar-refractivity contribution in [3.63, 3.8) is 0 Å². The van der Waals surface area contributed by atoms with Crippen molar-refractivity contribution in [2.45, 2.75) is 302 Å². The van der Waals surface area contributed by atoms with Crippen LogP contribution in [0.1, 0.15) is 296 Å². The fraction of sp³-hybridized carbons (Fsp3) is 0.917. The van der Waals surface area contributed by atoms with Gasteiger partial charge in [-0.3, -0.25) is 9.36 Å². The molecule has 0 amide bonds. The summed E-state index contributed by atoms with van der Waals surface area (Å²) in [6, 6.07) is 0. The molecular formula is C60H118NO7P. The van der Waals surface area contributed by atoms with Crippen LogP contribution < -0.4 is 4.89 Å². The summed E-state index contributed by atoms with van der Waals surface area (Å²) in [4.78, 5) is 25.3. The lowest BCUT2D eigenvalue weighted by Gasteiger charge is -2.28. The second kappa shape index (κ2) is 53.3. The number of carbonyl (C=O) groups is 1. The third kappa shape index (κ3) is 57.8. The molecule has 0 rings (SSSR count). The van der Waals surface area contributed by atoms with Crippen molar-refractivity contribution in [3.8, 4) is 0 Å². The molecule has 69 heavy (non-hydrogen) atoms. The van der Waals surface area contributed by atoms with Gasteiger partial charge >= 0.3 is 5.97 Å². The minimum atomic E-state index is -4.53. The van der Waals surface area contributed by atoms with Gasteiger partial charge in [-0.25, -0.2) is 0 Å². The number of hydrogen-bond donors (Lipinski definition) is 0. The van der Waals surface area contributed by atoms with Gasteiger partial charge in [0, 0.05) is 13.0 Å². The Kier molecular flexibility index (Phi) is 52.5. The highest BCUT2D eigenvalue weighted by atomic mass is 31.2. The first-order chi connectivity index (χ1) is 33.6. The molecule has 0 aromatic rings. The van der Waals surface area contributed by atoms with Crippen LogP contribution in [0.15, 0.2) is 24.3 Å². The van der Waals surface area contributed by atoms with Gasteiger partial charge < -0.3 is 27.9 Å². The van der Waals surface area contributed by atoms with Crippen LogP contribution in [-0.4, -0.2) is 70.7 Å². The zero-order valence-corrected chi connectivity index (χ0v) is 47.7. The van der Waals surface area contributed by atoms with Crippen LogP contribution in [0.25, 0.3) is 0 Å². The lowest BCUT2D eigenvalue weighted by molar-refractivity contribution is -0.870. The van der Waals surface area contributed by atoms with Gasteiger partial charge in [-0.05, 0) is 64.2 Å². The van der Waals surface area contributed by atoms with Crippen molar-refractivity contribution in [1.29, 1.82) is 0 Å². The Bertz CT molecular complexity index is 1160. The first-order valence-corrected chi connectivity index (χ1v) is 31.5. The maximum atomic E-state index is 12.8. The standard InChI is InChI=1S/C60H118NO7P/c1-6-8-10-12-14-16-18-20-22-24-26-28-29-30-31-32-34-36-38-40-42-44-46-48-50-52-55-65-57-59(58-67-69(63,64)66-56-54-61(3,4)5)68-60(62)53-51-49-47-45-43-41-39-37-35-33-27-25-23-21-19-17-15-13-11-9-7-2/h24-27,59H,6-23,28-58H2,1-5H3/b26-24-,27-25-. The molecule has 0 radical (unpaired) electrons. The number of allylic oxidation sites excluding steroid dienone is 4. The zero-order valence-electron chi connectivity index (χ0n) is 46.8. The molecular weight excluding hydrogens is 878 g/mol. The van der Waals surface area contributed by atoms with Gasteiger partial charge in [0.2, 0.25) is 0 Å². The Morgan fingerprint density at radius 3 is 1.10 bits per heavy atom. The maximum Gasteiger partial charge on any atom is 0.306 e. The van der Waals surface area contributed by atoms with Crippen molar-refractivity contribution in [2.24, 2.45) is 0 Å². The second-order valence-corrected chi connectivity index (χ2v) is 23.1. The molecule has 0 aromatic carbocycles. The molecule has 0 fully saturated rings. The summed E-state index contributed by atoms with van der Waals surface area (Å²) in [6.45, 7) is 5.48. The van der Waals surface area contributed by atoms with E-state index in [9.17, 15) is 14.3 Å². The molecule has 0 spiro atoms. The summed E-state index contributed by atoms with van der Waals surface area (Å²) in [5, 5.41) is 0. The zero-order chi connectivity index (χ0) is 50.5. The van der Waals surface area contributed by atoms with Gasteiger partial charge in [-0.15, -0.1) is 0 Å². The molecule has 0 aliphatic carbocycles. The topological polar surface area (TPSA) is 94.1 Å². The number of phosphoric ester groups is 1. The summed E-state index contributed by atoms with van der Waals surface area (Å²) in [7, 11) is 1.37. The Morgan fingerprint density at radius 1 is 0.435 bits per heavy atom. The fourth-order valence-electron chi connectivity index (χ4n) is 8.83. The third-order valence-electron chi connectivity index (χ3n) is 13.5. The Morgan fingerprint density at radius 2 is 0.754 bits per heavy atom. The normalized spacial score (nSPS) is 13.5. The maximum absolute atomic E-state index is 12.8. The minimum Gasteiger partial charge on any atom is -0.756 e. The number of quaternary nitrogens is 1. The molecule has 410 valence electrons. The van der Waals surface area contributed by atoms with Crippen molar-refractivity contribution >= 4 is 13.8 Å². The van der Waals surface area contributed by atoms with Crippen LogP contribution in [0.4, 0.5) is 0 Å². The van der Waals surface area contributed by atoms with E-state index < -0.39 is 13.9 Å². The number of ether oxygens (including phenoxy) is 2. The summed E-state index contributed by atoms with van der Waals surface area (Å²) < 4.78 is 34.9. The van der Waals surface area contributed by atoms with Gasteiger partial charge in [0.1, 0.15) is 19.3 Å². The van der Waals surface area contributed by atoms with E-state index in [2.05, 4.69) is 38.2 Å². The number of nitrogens with zero attached hydrogens (tertiary/aromatic N) is 1. The number of esters is 1. The van der Waals surface area contributed by atoms with Gasteiger partial charge in [-0.1, -0.05) is 250 Å². The number of unbranched alkanes of at least 4 members (excludes halogenated alkanes) is 39. The molecule has 9 heteroatoms. The van der Waals surface area contributed by atoms with E-state index in [0.717, 1.165) is 32.1 Å². The van der Waals surface area contributed by atoms with E-state index in [-0.39, 0.29) is 25.8 Å². The molecule has 0 aliphatic heterocycles. The van der Waals surface area contributed by atoms with Crippen LogP contribution in [0.2, 0.25) is 0 Å². The molecule has 0 N–H and O–H groups in total. The molecule has 0 aromatic heterocycles. The summed E-state index contributed by atoms with van der Waals surface area (Å²) in [5.41, 5.74) is 0. The average Bonchev–Trinajstić information content (AvgIpc) is 3.31. The predicted molar refractivity (Wildman–Crippen MR) is 296 cm³/mol. The van der Waals surface area contributed by atoms with Crippen molar-refractivity contribution in [2.75, 3.05) is 54.1 Å². The van der Waals surface area contributed by atoms with Crippen molar-refractivity contribution < 1.29 is 37.3 Å². The molecule has 8 nitrogen and oxygen atoms in total. The highest BCUT2D eigenvalue weighted by Crippen LogP contribution is 2.38. The van der Waals surface area contributed by atoms with Crippen LogP contribution in [-0.2, 0) is 27.9 Å². The van der Waals surface area contributed by atoms with E-state index in [1.54, 1.807) is 0 Å². The molecule has 0 bridgehead atoms. The highest BCUT2D eigenvalue weighted by molar-refractivity contribution is 7.45. The quantitative estimate of drug-likeness (QED) is 0.0197. The first kappa shape index (κ1) is 68.0. The summed E-state index contributed by atoms with van der Waals surface area (Å²) in [6.07, 6.45) is 65.1. The molecule has 0 saturated heterocycles. The smallest absolute Gasteiger partial charge is 0.306 e. The van der Waals surface area contributed by atoms with Crippen LogP contribution in [0.3, 0.4) is 0 Å². The van der Waals surface area contributed by atoms with Crippen LogP contribution in [0.5, 0.6) is 0 Å². The number of rotatable bonds is 57. The number of carbonyl (C=O) groups excluding carboxylic acids is 1. The Hall–Kier alpha value is -1.02. The van der Waals surface area contributed by atoms with E-state index in [1.807, 2.05) is 21.1 Å². The summed E-state index contributed by atoms with van der Waals surface area (Å²) >= 11 is 0. The third-order valence-corrected chi connectivity index (χ3v) is 14.4. The van der Waals surface area contributed by atoms with Crippen molar-refractivity contribution in [3.05, 3.63) is 24.3 Å². The predicted octanol–water partition coefficient (Wildman–Crippen LogP) is 18.4. The Balaban J connectivity index is 4.01. The van der Waals surface area contributed by atoms with E-state index in [1.165, 1.54) is 244 Å². The molecule has 0 heterocycles. The van der Waals surface area contributed by atoms with Gasteiger partial charge in [0.25, 0.3) is 7.82 Å². The molecule has 2 atom stereocenters. The average molecular weight is 997 g/mol. The Labute approximate surface area is 430 Å². The van der Waals surface area contributed by atoms with Gasteiger partial charge in [0.15, 0.2) is 0 Å². The summed E-state index contributed by atoms with van der Waals surface area (Å²) in [5.74, 6) is -0.330. The number of hydrogen-bond acceptors (Lipinski definition) is 7. The van der Waals surface area contributed by atoms with Gasteiger partial charge in [-0.2, -0.15) is 0 Å². The lowest BCUT2D eigenvalue weighted by atomic mass is 10.0. The molecule has 0 saturated carbocycles. The second-order valence-electron chi connectivity index (χ2n) is 21.7. The SMILES string of the molecule is CCCCCCCCCC/C=C\CCCCCCCCCCCCCCCCOCC(COP(=O)([O-])OCC[N+](C)(C)C)OC(=O)CCCCCCCCCCC/C=C\CCCCCCCCCC. The van der Waals surface area contributed by atoms with Crippen LogP contribution >= 0.6 is 7.82 Å². The number of phosphoric acid groups is 1. The number of likely N-dealkylation sites (N-methyl/N-ethyl adjacent to an activating group) is 1. The highest BCUT2D eigenvalue weighted by Gasteiger charge is 2.20. The van der Waals surface area contributed by atoms with Crippen LogP contribution in [0, 0.1) is 0 Å². The molecule has 2 unspecified atom stereocenters. The van der Waals surface area contributed by atoms with Crippen molar-refractivity contribution in [1.82, 2.24) is 0 Å². The van der Waals surface area contributed by atoms with Gasteiger partial charge in [0.05, 0.1) is 34.4 Å². The first-order valence-electron chi connectivity index (χ1n) is 30.1. The monoisotopic (exact) mass is 996 g/mol. The largest absolute Gasteiger partial charge is 0.756 e. The van der Waals surface area contributed by atoms with E-state index in [0.29, 0.717) is 24.1 Å². The molecule has 0 aliphatic rings. The van der Waals surface area contributed by atoms with E-state index in [4.69, 9.17) is 18.5 Å².